The van der Waals surface area contributed by atoms with E-state index in [1.807, 2.05) is 61.5 Å². The molecule has 5 rings (SSSR count). The van der Waals surface area contributed by atoms with Crippen LogP contribution in [-0.4, -0.2) is 34.7 Å². The third-order valence-electron chi connectivity index (χ3n) is 4.95. The molecule has 0 saturated heterocycles. The summed E-state index contributed by atoms with van der Waals surface area (Å²) in [5.41, 5.74) is 4.28. The first-order valence-corrected chi connectivity index (χ1v) is 9.19. The molecule has 0 fully saturated rings. The molecule has 0 aliphatic carbocycles. The van der Waals surface area contributed by atoms with E-state index < -0.39 is 0 Å². The van der Waals surface area contributed by atoms with Crippen molar-refractivity contribution >= 4 is 11.3 Å². The maximum atomic E-state index is 12.6. The van der Waals surface area contributed by atoms with Crippen molar-refractivity contribution in [1.29, 1.82) is 0 Å². The lowest BCUT2D eigenvalue weighted by molar-refractivity contribution is 0.631. The zero-order chi connectivity index (χ0) is 19.8. The van der Waals surface area contributed by atoms with Crippen molar-refractivity contribution in [2.45, 2.75) is 13.0 Å². The quantitative estimate of drug-likeness (QED) is 0.496. The van der Waals surface area contributed by atoms with Crippen molar-refractivity contribution in [3.63, 3.8) is 0 Å². The Morgan fingerprint density at radius 1 is 0.966 bits per heavy atom. The Kier molecular flexibility index (Phi) is 4.02. The summed E-state index contributed by atoms with van der Waals surface area (Å²) in [4.78, 5) is 28.7. The molecule has 0 spiro atoms. The Balaban J connectivity index is 1.57. The third-order valence-corrected chi connectivity index (χ3v) is 4.95. The third kappa shape index (κ3) is 3.00. The van der Waals surface area contributed by atoms with Gasteiger partial charge < -0.3 is 0 Å². The molecule has 0 radical (unpaired) electrons. The number of rotatable bonds is 4. The lowest BCUT2D eigenvalue weighted by atomic mass is 10.1. The highest BCUT2D eigenvalue weighted by atomic mass is 16.1. The van der Waals surface area contributed by atoms with Gasteiger partial charge in [-0.1, -0.05) is 54.6 Å². The predicted octanol–water partition coefficient (Wildman–Crippen LogP) is 3.18. The second-order valence-electron chi connectivity index (χ2n) is 6.71. The molecule has 2 N–H and O–H groups in total. The number of nitrogens with one attached hydrogen (secondary N) is 2. The molecule has 3 aromatic heterocycles. The lowest BCUT2D eigenvalue weighted by Gasteiger charge is -2.13. The van der Waals surface area contributed by atoms with Crippen molar-refractivity contribution in [2.75, 3.05) is 0 Å². The van der Waals surface area contributed by atoms with Gasteiger partial charge in [-0.15, -0.1) is 0 Å². The van der Waals surface area contributed by atoms with Gasteiger partial charge in [0.05, 0.1) is 17.9 Å². The molecule has 3 heterocycles. The Morgan fingerprint density at radius 3 is 2.45 bits per heavy atom. The Bertz CT molecular complexity index is 1320. The van der Waals surface area contributed by atoms with Crippen LogP contribution in [0.5, 0.6) is 0 Å². The van der Waals surface area contributed by atoms with E-state index in [-0.39, 0.29) is 11.7 Å². The van der Waals surface area contributed by atoms with Crippen molar-refractivity contribution < 1.29 is 0 Å². The average molecular weight is 383 g/mol. The highest BCUT2D eigenvalue weighted by Crippen LogP contribution is 2.24. The van der Waals surface area contributed by atoms with E-state index >= 15 is 0 Å². The minimum atomic E-state index is -0.228. The van der Waals surface area contributed by atoms with Crippen molar-refractivity contribution in [3.8, 4) is 22.6 Å². The number of fused-ring (bicyclic) bond motifs is 1. The van der Waals surface area contributed by atoms with E-state index in [0.29, 0.717) is 22.8 Å². The van der Waals surface area contributed by atoms with Gasteiger partial charge in [-0.2, -0.15) is 5.10 Å². The molecular weight excluding hydrogens is 366 g/mol. The van der Waals surface area contributed by atoms with Gasteiger partial charge in [0.25, 0.3) is 0 Å². The van der Waals surface area contributed by atoms with E-state index in [2.05, 4.69) is 25.1 Å². The van der Waals surface area contributed by atoms with E-state index in [1.54, 1.807) is 17.1 Å². The van der Waals surface area contributed by atoms with E-state index in [9.17, 15) is 4.79 Å². The molecule has 0 aliphatic rings. The second-order valence-corrected chi connectivity index (χ2v) is 6.71. The SMILES string of the molecule is C[C@H](c1ccccc1)n1c(=O)[nH]c2ncc(-c3ccc(-c4nc[nH]n4)cc3)nc21. The van der Waals surface area contributed by atoms with Crippen LogP contribution < -0.4 is 5.69 Å². The molecule has 1 atom stereocenters. The van der Waals surface area contributed by atoms with E-state index in [0.717, 1.165) is 16.7 Å². The summed E-state index contributed by atoms with van der Waals surface area (Å²) in [5.74, 6) is 0.634. The zero-order valence-electron chi connectivity index (χ0n) is 15.6. The van der Waals surface area contributed by atoms with Crippen LogP contribution in [0.1, 0.15) is 18.5 Å². The molecule has 0 saturated carbocycles. The smallest absolute Gasteiger partial charge is 0.289 e. The molecule has 29 heavy (non-hydrogen) atoms. The summed E-state index contributed by atoms with van der Waals surface area (Å²) < 4.78 is 1.64. The van der Waals surface area contributed by atoms with Gasteiger partial charge >= 0.3 is 5.69 Å². The summed E-state index contributed by atoms with van der Waals surface area (Å²) in [5, 5.41) is 6.79. The van der Waals surface area contributed by atoms with Crippen molar-refractivity contribution in [2.24, 2.45) is 0 Å². The fraction of sp³-hybridized carbons (Fsp3) is 0.0952. The number of hydrogen-bond acceptors (Lipinski definition) is 5. The summed E-state index contributed by atoms with van der Waals surface area (Å²) >= 11 is 0. The van der Waals surface area contributed by atoms with Crippen LogP contribution in [0.15, 0.2) is 71.9 Å². The van der Waals surface area contributed by atoms with Gasteiger partial charge in [-0.25, -0.2) is 19.7 Å². The minimum Gasteiger partial charge on any atom is -0.289 e. The number of aromatic nitrogens is 7. The van der Waals surface area contributed by atoms with Crippen LogP contribution >= 0.6 is 0 Å². The van der Waals surface area contributed by atoms with E-state index in [1.165, 1.54) is 0 Å². The molecule has 2 aromatic carbocycles. The van der Waals surface area contributed by atoms with Gasteiger partial charge in [0.1, 0.15) is 6.33 Å². The highest BCUT2D eigenvalue weighted by molar-refractivity contribution is 5.72. The molecule has 8 heteroatoms. The maximum Gasteiger partial charge on any atom is 0.329 e. The molecule has 0 unspecified atom stereocenters. The summed E-state index contributed by atoms with van der Waals surface area (Å²) in [6.45, 7) is 1.98. The topological polar surface area (TPSA) is 105 Å². The molecule has 8 nitrogen and oxygen atoms in total. The van der Waals surface area contributed by atoms with E-state index in [4.69, 9.17) is 4.98 Å². The maximum absolute atomic E-state index is 12.6. The number of imidazole rings is 1. The predicted molar refractivity (Wildman–Crippen MR) is 109 cm³/mol. The van der Waals surface area contributed by atoms with Crippen LogP contribution in [0.3, 0.4) is 0 Å². The minimum absolute atomic E-state index is 0.171. The zero-order valence-corrected chi connectivity index (χ0v) is 15.6. The number of benzene rings is 2. The summed E-state index contributed by atoms with van der Waals surface area (Å²) in [7, 11) is 0. The molecule has 5 aromatic rings. The molecule has 0 amide bonds. The van der Waals surface area contributed by atoms with Crippen molar-refractivity contribution in [3.05, 3.63) is 83.2 Å². The fourth-order valence-corrected chi connectivity index (χ4v) is 3.41. The first-order valence-electron chi connectivity index (χ1n) is 9.19. The molecule has 142 valence electrons. The first kappa shape index (κ1) is 17.1. The van der Waals surface area contributed by atoms with Gasteiger partial charge in [0, 0.05) is 11.1 Å². The number of hydrogen-bond donors (Lipinski definition) is 2. The van der Waals surface area contributed by atoms with Crippen LogP contribution in [0, 0.1) is 0 Å². The van der Waals surface area contributed by atoms with Gasteiger partial charge in [-0.05, 0) is 12.5 Å². The number of nitrogens with zero attached hydrogens (tertiary/aromatic N) is 5. The first-order chi connectivity index (χ1) is 14.2. The second kappa shape index (κ2) is 6.83. The van der Waals surface area contributed by atoms with Crippen LogP contribution in [0.25, 0.3) is 33.9 Å². The normalized spacial score (nSPS) is 12.3. The number of aromatic amines is 2. The highest BCUT2D eigenvalue weighted by Gasteiger charge is 2.17. The van der Waals surface area contributed by atoms with Gasteiger partial charge in [0.2, 0.25) is 0 Å². The molecule has 0 bridgehead atoms. The summed E-state index contributed by atoms with van der Waals surface area (Å²) in [6, 6.07) is 17.4. The summed E-state index contributed by atoms with van der Waals surface area (Å²) in [6.07, 6.45) is 3.21. The largest absolute Gasteiger partial charge is 0.329 e. The molecule has 0 aliphatic heterocycles. The Hall–Kier alpha value is -4.07. The van der Waals surface area contributed by atoms with Crippen LogP contribution in [0.4, 0.5) is 0 Å². The average Bonchev–Trinajstić information content (AvgIpc) is 3.41. The van der Waals surface area contributed by atoms with Crippen LogP contribution in [-0.2, 0) is 0 Å². The number of H-pyrrole nitrogens is 2. The van der Waals surface area contributed by atoms with Crippen LogP contribution in [0.2, 0.25) is 0 Å². The Labute approximate surface area is 165 Å². The standard InChI is InChI=1S/C21H17N7O/c1-13(14-5-3-2-4-6-14)28-20-19(26-21(28)29)22-11-17(25-20)15-7-9-16(10-8-15)18-23-12-24-27-18/h2-13H,1H3,(H,22,26,29)(H,23,24,27)/t13-/m1/s1. The Morgan fingerprint density at radius 2 is 1.72 bits per heavy atom. The monoisotopic (exact) mass is 383 g/mol. The van der Waals surface area contributed by atoms with Crippen molar-refractivity contribution in [1.82, 2.24) is 34.7 Å². The van der Waals surface area contributed by atoms with Gasteiger partial charge in [0.15, 0.2) is 17.1 Å². The molecular formula is C21H17N7O. The fourth-order valence-electron chi connectivity index (χ4n) is 3.41. The lowest BCUT2D eigenvalue weighted by Crippen LogP contribution is -2.21. The van der Waals surface area contributed by atoms with Gasteiger partial charge in [-0.3, -0.25) is 14.6 Å².